The van der Waals surface area contributed by atoms with E-state index in [9.17, 15) is 5.11 Å². The molecule has 1 saturated carbocycles. The lowest BCUT2D eigenvalue weighted by Crippen LogP contribution is -2.64. The van der Waals surface area contributed by atoms with Crippen molar-refractivity contribution in [3.63, 3.8) is 0 Å². The number of nitrogens with zero attached hydrogens (tertiary/aromatic N) is 4. The van der Waals surface area contributed by atoms with Crippen LogP contribution in [0, 0.1) is 11.3 Å². The van der Waals surface area contributed by atoms with Crippen LogP contribution in [0.15, 0.2) is 24.7 Å². The van der Waals surface area contributed by atoms with Crippen molar-refractivity contribution in [2.45, 2.75) is 51.4 Å². The Kier molecular flexibility index (Phi) is 3.86. The van der Waals surface area contributed by atoms with Crippen LogP contribution < -0.4 is 5.32 Å². The summed E-state index contributed by atoms with van der Waals surface area (Å²) in [6, 6.07) is 2.63. The largest absolute Gasteiger partial charge is 0.391 e. The highest BCUT2D eigenvalue weighted by Gasteiger charge is 2.57. The fourth-order valence-corrected chi connectivity index (χ4v) is 5.25. The molecule has 130 valence electrons. The second-order valence-electron chi connectivity index (χ2n) is 7.99. The Morgan fingerprint density at radius 2 is 2.25 bits per heavy atom. The predicted octanol–water partition coefficient (Wildman–Crippen LogP) is 1.30. The van der Waals surface area contributed by atoms with Crippen LogP contribution in [0.3, 0.4) is 0 Å². The van der Waals surface area contributed by atoms with Crippen LogP contribution in [-0.2, 0) is 6.54 Å². The average molecular weight is 329 g/mol. The molecule has 2 unspecified atom stereocenters. The number of fused-ring (bicyclic) bond motifs is 1. The quantitative estimate of drug-likeness (QED) is 0.885. The van der Waals surface area contributed by atoms with Crippen molar-refractivity contribution < 1.29 is 5.11 Å². The molecule has 3 heterocycles. The summed E-state index contributed by atoms with van der Waals surface area (Å²) >= 11 is 0. The van der Waals surface area contributed by atoms with Crippen LogP contribution in [-0.4, -0.2) is 56.2 Å². The van der Waals surface area contributed by atoms with E-state index in [-0.39, 0.29) is 17.6 Å². The van der Waals surface area contributed by atoms with Gasteiger partial charge in [0.25, 0.3) is 0 Å². The van der Waals surface area contributed by atoms with Crippen molar-refractivity contribution in [3.05, 3.63) is 30.4 Å². The highest BCUT2D eigenvalue weighted by atomic mass is 16.3. The minimum atomic E-state index is -0.268. The molecule has 24 heavy (non-hydrogen) atoms. The highest BCUT2D eigenvalue weighted by Crippen LogP contribution is 2.52. The maximum atomic E-state index is 10.6. The number of aliphatic hydroxyl groups is 1. The molecule has 0 bridgehead atoms. The van der Waals surface area contributed by atoms with Crippen LogP contribution in [0.1, 0.15) is 32.4 Å². The number of hydrogen-bond donors (Lipinski definition) is 2. The van der Waals surface area contributed by atoms with E-state index in [2.05, 4.69) is 41.1 Å². The minimum Gasteiger partial charge on any atom is -0.391 e. The Labute approximate surface area is 142 Å². The molecular formula is C18H27N5O. The van der Waals surface area contributed by atoms with E-state index in [1.165, 1.54) is 0 Å². The van der Waals surface area contributed by atoms with Gasteiger partial charge >= 0.3 is 0 Å². The van der Waals surface area contributed by atoms with E-state index in [0.717, 1.165) is 30.9 Å². The molecule has 2 aromatic heterocycles. The normalized spacial score (nSPS) is 33.6. The van der Waals surface area contributed by atoms with Gasteiger partial charge in [0.15, 0.2) is 0 Å². The van der Waals surface area contributed by atoms with Gasteiger partial charge in [0.05, 0.1) is 11.8 Å². The number of likely N-dealkylation sites (tertiary alicyclic amines) is 1. The van der Waals surface area contributed by atoms with Crippen molar-refractivity contribution >= 4 is 5.78 Å². The van der Waals surface area contributed by atoms with Gasteiger partial charge in [-0.05, 0) is 31.9 Å². The third kappa shape index (κ3) is 2.53. The van der Waals surface area contributed by atoms with Crippen LogP contribution in [0.2, 0.25) is 0 Å². The van der Waals surface area contributed by atoms with Gasteiger partial charge in [-0.3, -0.25) is 4.40 Å². The van der Waals surface area contributed by atoms with E-state index in [1.807, 2.05) is 22.9 Å². The van der Waals surface area contributed by atoms with Crippen molar-refractivity contribution in [1.29, 1.82) is 0 Å². The summed E-state index contributed by atoms with van der Waals surface area (Å²) in [5, 5.41) is 14.1. The topological polar surface area (TPSA) is 65.7 Å². The van der Waals surface area contributed by atoms with Crippen LogP contribution in [0.25, 0.3) is 5.78 Å². The monoisotopic (exact) mass is 329 g/mol. The molecule has 0 amide bonds. The van der Waals surface area contributed by atoms with Gasteiger partial charge in [0, 0.05) is 49.2 Å². The van der Waals surface area contributed by atoms with Gasteiger partial charge < -0.3 is 15.3 Å². The molecule has 6 nitrogen and oxygen atoms in total. The van der Waals surface area contributed by atoms with E-state index in [4.69, 9.17) is 0 Å². The maximum absolute atomic E-state index is 10.6. The third-order valence-corrected chi connectivity index (χ3v) is 5.84. The summed E-state index contributed by atoms with van der Waals surface area (Å²) in [6.07, 6.45) is 7.40. The fourth-order valence-electron chi connectivity index (χ4n) is 5.25. The lowest BCUT2D eigenvalue weighted by molar-refractivity contribution is -0.0828. The summed E-state index contributed by atoms with van der Waals surface area (Å²) in [5.41, 5.74) is 1.24. The number of aliphatic hydroxyl groups excluding tert-OH is 1. The Morgan fingerprint density at radius 3 is 2.96 bits per heavy atom. The van der Waals surface area contributed by atoms with Crippen molar-refractivity contribution in [2.75, 3.05) is 13.6 Å². The Balaban J connectivity index is 1.42. The van der Waals surface area contributed by atoms with Gasteiger partial charge in [0.1, 0.15) is 0 Å². The molecule has 6 heteroatoms. The summed E-state index contributed by atoms with van der Waals surface area (Å²) in [5.74, 6) is 1.34. The second kappa shape index (κ2) is 5.79. The van der Waals surface area contributed by atoms with Gasteiger partial charge in [-0.2, -0.15) is 0 Å². The SMILES string of the molecule is CC(C)C1N(C)CC12C[C@@H](O)[C@H](NCc1cn3cccnc3n1)C2. The van der Waals surface area contributed by atoms with Crippen molar-refractivity contribution in [3.8, 4) is 0 Å². The summed E-state index contributed by atoms with van der Waals surface area (Å²) in [7, 11) is 2.20. The molecule has 1 saturated heterocycles. The molecule has 2 fully saturated rings. The Hall–Kier alpha value is -1.50. The molecule has 4 rings (SSSR count). The molecular weight excluding hydrogens is 302 g/mol. The van der Waals surface area contributed by atoms with E-state index >= 15 is 0 Å². The zero-order valence-electron chi connectivity index (χ0n) is 14.7. The second-order valence-corrected chi connectivity index (χ2v) is 7.99. The Bertz CT molecular complexity index is 691. The standard InChI is InChI=1S/C18H27N5O/c1-12(2)16-18(11-22(16)3)7-14(15(24)8-18)20-9-13-10-23-6-4-5-19-17(23)21-13/h4-6,10,12,14-16,20,24H,7-9,11H2,1-3H3/t14-,15-,16?,18?/m1/s1. The number of nitrogens with one attached hydrogen (secondary N) is 1. The van der Waals surface area contributed by atoms with Crippen LogP contribution >= 0.6 is 0 Å². The first kappa shape index (κ1) is 16.0. The predicted molar refractivity (Wildman–Crippen MR) is 92.5 cm³/mol. The zero-order chi connectivity index (χ0) is 16.9. The summed E-state index contributed by atoms with van der Waals surface area (Å²) in [6.45, 7) is 6.35. The van der Waals surface area contributed by atoms with Gasteiger partial charge in [0.2, 0.25) is 5.78 Å². The Morgan fingerprint density at radius 1 is 1.42 bits per heavy atom. The molecule has 2 aromatic rings. The first-order valence-electron chi connectivity index (χ1n) is 8.89. The highest BCUT2D eigenvalue weighted by molar-refractivity contribution is 5.29. The van der Waals surface area contributed by atoms with Crippen molar-refractivity contribution in [1.82, 2.24) is 24.6 Å². The lowest BCUT2D eigenvalue weighted by atomic mass is 9.66. The maximum Gasteiger partial charge on any atom is 0.233 e. The number of imidazole rings is 1. The van der Waals surface area contributed by atoms with E-state index in [0.29, 0.717) is 18.5 Å². The number of hydrogen-bond acceptors (Lipinski definition) is 5. The number of rotatable bonds is 4. The molecule has 0 radical (unpaired) electrons. The molecule has 4 atom stereocenters. The zero-order valence-corrected chi connectivity index (χ0v) is 14.7. The van der Waals surface area contributed by atoms with Gasteiger partial charge in [-0.25, -0.2) is 9.97 Å². The summed E-state index contributed by atoms with van der Waals surface area (Å²) in [4.78, 5) is 11.2. The first-order chi connectivity index (χ1) is 11.5. The number of aromatic nitrogens is 3. The minimum absolute atomic E-state index is 0.151. The van der Waals surface area contributed by atoms with Crippen molar-refractivity contribution in [2.24, 2.45) is 11.3 Å². The molecule has 1 aliphatic carbocycles. The molecule has 0 aromatic carbocycles. The first-order valence-corrected chi connectivity index (χ1v) is 8.89. The average Bonchev–Trinajstić information content (AvgIpc) is 3.05. The van der Waals surface area contributed by atoms with Crippen LogP contribution in [0.5, 0.6) is 0 Å². The van der Waals surface area contributed by atoms with Gasteiger partial charge in [-0.1, -0.05) is 13.8 Å². The van der Waals surface area contributed by atoms with E-state index < -0.39 is 0 Å². The van der Waals surface area contributed by atoms with E-state index in [1.54, 1.807) is 6.20 Å². The molecule has 1 spiro atoms. The smallest absolute Gasteiger partial charge is 0.233 e. The van der Waals surface area contributed by atoms with Crippen LogP contribution in [0.4, 0.5) is 0 Å². The molecule has 2 aliphatic rings. The third-order valence-electron chi connectivity index (χ3n) is 5.84. The fraction of sp³-hybridized carbons (Fsp3) is 0.667. The van der Waals surface area contributed by atoms with Gasteiger partial charge in [-0.15, -0.1) is 0 Å². The lowest BCUT2D eigenvalue weighted by Gasteiger charge is -2.57. The summed E-state index contributed by atoms with van der Waals surface area (Å²) < 4.78 is 1.93. The molecule has 1 aliphatic heterocycles. The molecule has 2 N–H and O–H groups in total.